The highest BCUT2D eigenvalue weighted by Gasteiger charge is 2.09. The van der Waals surface area contributed by atoms with Crippen molar-refractivity contribution >= 4 is 29.2 Å². The van der Waals surface area contributed by atoms with Gasteiger partial charge in [0.05, 0.1) is 18.7 Å². The van der Waals surface area contributed by atoms with Crippen LogP contribution in [0.25, 0.3) is 11.0 Å². The average Bonchev–Trinajstić information content (AvgIpc) is 2.77. The maximum Gasteiger partial charge on any atom is 0.305 e. The number of nitrogens with one attached hydrogen (secondary N) is 1. The van der Waals surface area contributed by atoms with E-state index < -0.39 is 0 Å². The van der Waals surface area contributed by atoms with Gasteiger partial charge in [0.25, 0.3) is 0 Å². The minimum Gasteiger partial charge on any atom is -0.492 e. The van der Waals surface area contributed by atoms with Crippen molar-refractivity contribution in [3.8, 4) is 5.75 Å². The third-order valence-electron chi connectivity index (χ3n) is 3.14. The van der Waals surface area contributed by atoms with E-state index in [9.17, 15) is 4.79 Å². The van der Waals surface area contributed by atoms with Crippen molar-refractivity contribution in [2.45, 2.75) is 33.2 Å². The van der Waals surface area contributed by atoms with E-state index in [0.717, 1.165) is 16.8 Å². The predicted octanol–water partition coefficient (Wildman–Crippen LogP) is 3.44. The Morgan fingerprint density at radius 2 is 2.14 bits per heavy atom. The van der Waals surface area contributed by atoms with Crippen molar-refractivity contribution in [2.24, 2.45) is 0 Å². The van der Waals surface area contributed by atoms with Crippen LogP contribution in [0.3, 0.4) is 0 Å². The molecule has 0 saturated carbocycles. The van der Waals surface area contributed by atoms with E-state index in [-0.39, 0.29) is 5.97 Å². The predicted molar refractivity (Wildman–Crippen MR) is 84.2 cm³/mol. The topological polar surface area (TPSA) is 56.2 Å². The first-order valence-corrected chi connectivity index (χ1v) is 7.58. The SMILES string of the molecule is CCOC(=O)CCCn1c(=S)[nH]c2c(OCC)cccc21. The van der Waals surface area contributed by atoms with Gasteiger partial charge >= 0.3 is 5.97 Å². The summed E-state index contributed by atoms with van der Waals surface area (Å²) in [5.41, 5.74) is 1.90. The number of para-hydroxylation sites is 1. The van der Waals surface area contributed by atoms with Gasteiger partial charge in [0, 0.05) is 13.0 Å². The normalized spacial score (nSPS) is 10.8. The van der Waals surface area contributed by atoms with Crippen LogP contribution in [0.1, 0.15) is 26.7 Å². The zero-order valence-electron chi connectivity index (χ0n) is 12.3. The number of ether oxygens (including phenoxy) is 2. The molecule has 0 spiro atoms. The van der Waals surface area contributed by atoms with E-state index in [1.54, 1.807) is 0 Å². The lowest BCUT2D eigenvalue weighted by Gasteiger charge is -2.06. The number of benzene rings is 1. The van der Waals surface area contributed by atoms with Crippen molar-refractivity contribution in [3.05, 3.63) is 23.0 Å². The number of rotatable bonds is 7. The molecule has 21 heavy (non-hydrogen) atoms. The third-order valence-corrected chi connectivity index (χ3v) is 3.46. The molecule has 1 N–H and O–H groups in total. The molecule has 2 aromatic rings. The molecule has 0 bridgehead atoms. The summed E-state index contributed by atoms with van der Waals surface area (Å²) in [5, 5.41) is 0. The second-order valence-electron chi connectivity index (χ2n) is 4.57. The molecule has 1 aromatic heterocycles. The molecule has 1 aromatic carbocycles. The molecule has 6 heteroatoms. The number of nitrogens with zero attached hydrogens (tertiary/aromatic N) is 1. The molecular formula is C15H20N2O3S. The largest absolute Gasteiger partial charge is 0.492 e. The number of aromatic amines is 1. The Hall–Kier alpha value is -1.82. The Morgan fingerprint density at radius 1 is 1.33 bits per heavy atom. The number of aromatic nitrogens is 2. The fraction of sp³-hybridized carbons (Fsp3) is 0.467. The summed E-state index contributed by atoms with van der Waals surface area (Å²) in [7, 11) is 0. The lowest BCUT2D eigenvalue weighted by Crippen LogP contribution is -2.06. The lowest BCUT2D eigenvalue weighted by molar-refractivity contribution is -0.143. The summed E-state index contributed by atoms with van der Waals surface area (Å²) in [6.45, 7) is 5.46. The van der Waals surface area contributed by atoms with Gasteiger partial charge in [-0.3, -0.25) is 4.79 Å². The smallest absolute Gasteiger partial charge is 0.305 e. The van der Waals surface area contributed by atoms with Crippen LogP contribution in [-0.2, 0) is 16.1 Å². The Labute approximate surface area is 128 Å². The average molecular weight is 308 g/mol. The summed E-state index contributed by atoms with van der Waals surface area (Å²) in [4.78, 5) is 14.6. The first-order valence-electron chi connectivity index (χ1n) is 7.17. The number of carbonyl (C=O) groups is 1. The Bertz CT molecular complexity index is 675. The lowest BCUT2D eigenvalue weighted by atomic mass is 10.2. The first kappa shape index (κ1) is 15.6. The summed E-state index contributed by atoms with van der Waals surface area (Å²) in [5.74, 6) is 0.629. The van der Waals surface area contributed by atoms with Crippen LogP contribution < -0.4 is 4.74 Å². The molecule has 114 valence electrons. The fourth-order valence-corrected chi connectivity index (χ4v) is 2.56. The number of esters is 1. The highest BCUT2D eigenvalue weighted by Crippen LogP contribution is 2.25. The second-order valence-corrected chi connectivity index (χ2v) is 4.96. The molecule has 1 heterocycles. The zero-order valence-corrected chi connectivity index (χ0v) is 13.2. The molecule has 0 amide bonds. The number of hydrogen-bond acceptors (Lipinski definition) is 4. The molecule has 0 fully saturated rings. The molecule has 0 aliphatic rings. The quantitative estimate of drug-likeness (QED) is 0.629. The summed E-state index contributed by atoms with van der Waals surface area (Å²) < 4.78 is 13.2. The van der Waals surface area contributed by atoms with E-state index in [2.05, 4.69) is 4.98 Å². The van der Waals surface area contributed by atoms with Gasteiger partial charge in [-0.1, -0.05) is 6.07 Å². The zero-order chi connectivity index (χ0) is 15.2. The Kier molecular flexibility index (Phi) is 5.38. The molecular weight excluding hydrogens is 288 g/mol. The van der Waals surface area contributed by atoms with Gasteiger partial charge in [-0.05, 0) is 44.6 Å². The van der Waals surface area contributed by atoms with Crippen molar-refractivity contribution in [1.82, 2.24) is 9.55 Å². The van der Waals surface area contributed by atoms with Gasteiger partial charge in [-0.15, -0.1) is 0 Å². The van der Waals surface area contributed by atoms with E-state index in [1.165, 1.54) is 0 Å². The van der Waals surface area contributed by atoms with Gasteiger partial charge in [-0.2, -0.15) is 0 Å². The van der Waals surface area contributed by atoms with Crippen molar-refractivity contribution in [1.29, 1.82) is 0 Å². The van der Waals surface area contributed by atoms with Crippen LogP contribution in [0.15, 0.2) is 18.2 Å². The van der Waals surface area contributed by atoms with Crippen LogP contribution in [0, 0.1) is 4.77 Å². The van der Waals surface area contributed by atoms with E-state index in [1.807, 2.05) is 36.6 Å². The summed E-state index contributed by atoms with van der Waals surface area (Å²) in [6, 6.07) is 5.85. The third kappa shape index (κ3) is 3.64. The number of carbonyl (C=O) groups excluding carboxylic acids is 1. The number of imidazole rings is 1. The summed E-state index contributed by atoms with van der Waals surface area (Å²) >= 11 is 5.36. The minimum absolute atomic E-state index is 0.168. The highest BCUT2D eigenvalue weighted by atomic mass is 32.1. The first-order chi connectivity index (χ1) is 10.2. The van der Waals surface area contributed by atoms with E-state index in [0.29, 0.717) is 37.4 Å². The monoisotopic (exact) mass is 308 g/mol. The maximum atomic E-state index is 11.4. The van der Waals surface area contributed by atoms with E-state index in [4.69, 9.17) is 21.7 Å². The van der Waals surface area contributed by atoms with Gasteiger partial charge in [0.1, 0.15) is 11.3 Å². The minimum atomic E-state index is -0.168. The number of H-pyrrole nitrogens is 1. The van der Waals surface area contributed by atoms with Gasteiger partial charge in [0.2, 0.25) is 0 Å². The number of aryl methyl sites for hydroxylation is 1. The number of fused-ring (bicyclic) bond motifs is 1. The Balaban J connectivity index is 2.17. The molecule has 0 aliphatic carbocycles. The fourth-order valence-electron chi connectivity index (χ4n) is 2.27. The van der Waals surface area contributed by atoms with Gasteiger partial charge < -0.3 is 19.0 Å². The van der Waals surface area contributed by atoms with Crippen LogP contribution in [0.2, 0.25) is 0 Å². The molecule has 0 saturated heterocycles. The van der Waals surface area contributed by atoms with E-state index >= 15 is 0 Å². The van der Waals surface area contributed by atoms with Gasteiger partial charge in [-0.25, -0.2) is 0 Å². The summed E-state index contributed by atoms with van der Waals surface area (Å²) in [6.07, 6.45) is 1.09. The van der Waals surface area contributed by atoms with Gasteiger partial charge in [0.15, 0.2) is 4.77 Å². The Morgan fingerprint density at radius 3 is 2.86 bits per heavy atom. The molecule has 2 rings (SSSR count). The van der Waals surface area contributed by atoms with Crippen molar-refractivity contribution < 1.29 is 14.3 Å². The molecule has 5 nitrogen and oxygen atoms in total. The maximum absolute atomic E-state index is 11.4. The van der Waals surface area contributed by atoms with Crippen molar-refractivity contribution in [2.75, 3.05) is 13.2 Å². The van der Waals surface area contributed by atoms with Crippen molar-refractivity contribution in [3.63, 3.8) is 0 Å². The van der Waals surface area contributed by atoms with Crippen LogP contribution in [0.4, 0.5) is 0 Å². The molecule has 0 aliphatic heterocycles. The molecule has 0 radical (unpaired) electrons. The standard InChI is InChI=1S/C15H20N2O3S/c1-3-19-12-8-5-7-11-14(12)16-15(21)17(11)10-6-9-13(18)20-4-2/h5,7-8H,3-4,6,9-10H2,1-2H3,(H,16,21). The molecule has 0 unspecified atom stereocenters. The second kappa shape index (κ2) is 7.26. The van der Waals surface area contributed by atoms with Crippen LogP contribution in [0.5, 0.6) is 5.75 Å². The highest BCUT2D eigenvalue weighted by molar-refractivity contribution is 7.71. The molecule has 0 atom stereocenters. The van der Waals surface area contributed by atoms with Crippen LogP contribution >= 0.6 is 12.2 Å². The van der Waals surface area contributed by atoms with Crippen LogP contribution in [-0.4, -0.2) is 28.7 Å². The number of hydrogen-bond donors (Lipinski definition) is 1.